The van der Waals surface area contributed by atoms with Crippen LogP contribution in [0.15, 0.2) is 67.6 Å². The summed E-state index contributed by atoms with van der Waals surface area (Å²) in [6.07, 6.45) is -3.09. The number of nitrogens with one attached hydrogen (secondary N) is 1. The average molecular weight is 589 g/mol. The van der Waals surface area contributed by atoms with Gasteiger partial charge in [0.1, 0.15) is 17.2 Å². The number of amides is 2. The minimum atomic E-state index is -4.82. The van der Waals surface area contributed by atoms with Crippen LogP contribution in [0.25, 0.3) is 16.8 Å². The number of hydrogen-bond acceptors (Lipinski definition) is 5. The zero-order valence-corrected chi connectivity index (χ0v) is 21.7. The molecule has 0 saturated carbocycles. The summed E-state index contributed by atoms with van der Waals surface area (Å²) >= 11 is 0. The van der Waals surface area contributed by atoms with Crippen LogP contribution in [0.3, 0.4) is 0 Å². The highest BCUT2D eigenvalue weighted by Crippen LogP contribution is 2.39. The number of benzene rings is 1. The van der Waals surface area contributed by atoms with Gasteiger partial charge >= 0.3 is 12.4 Å². The number of halogens is 6. The van der Waals surface area contributed by atoms with E-state index in [1.54, 1.807) is 0 Å². The van der Waals surface area contributed by atoms with Crippen LogP contribution < -0.4 is 5.32 Å². The first-order chi connectivity index (χ1) is 19.9. The fraction of sp³-hybridized carbons (Fsp3) is 0.250. The molecule has 1 fully saturated rings. The number of carbonyl (C=O) groups excluding carboxylic acids is 2. The molecule has 14 heteroatoms. The molecule has 1 unspecified atom stereocenters. The molecule has 1 N–H and O–H groups in total. The van der Waals surface area contributed by atoms with E-state index in [2.05, 4.69) is 26.8 Å². The highest BCUT2D eigenvalue weighted by atomic mass is 19.4. The molecular formula is C28H22F6N6O2. The predicted molar refractivity (Wildman–Crippen MR) is 139 cm³/mol. The molecule has 1 saturated heterocycles. The molecule has 1 aromatic carbocycles. The maximum atomic E-state index is 14.1. The molecule has 4 aromatic rings. The largest absolute Gasteiger partial charge is 0.435 e. The van der Waals surface area contributed by atoms with Gasteiger partial charge in [0.05, 0.1) is 17.3 Å². The van der Waals surface area contributed by atoms with Gasteiger partial charge in [0.15, 0.2) is 5.69 Å². The smallest absolute Gasteiger partial charge is 0.329 e. The van der Waals surface area contributed by atoms with Crippen molar-refractivity contribution >= 4 is 23.1 Å². The number of nitrogens with zero attached hydrogens (tertiary/aromatic N) is 5. The third-order valence-corrected chi connectivity index (χ3v) is 6.86. The molecule has 8 nitrogen and oxygen atoms in total. The van der Waals surface area contributed by atoms with Crippen molar-refractivity contribution in [3.63, 3.8) is 0 Å². The Balaban J connectivity index is 1.54. The lowest BCUT2D eigenvalue weighted by atomic mass is 10.0. The molecule has 1 aliphatic rings. The van der Waals surface area contributed by atoms with Gasteiger partial charge in [-0.05, 0) is 49.6 Å². The third kappa shape index (κ3) is 5.56. The van der Waals surface area contributed by atoms with Crippen LogP contribution in [0.5, 0.6) is 0 Å². The van der Waals surface area contributed by atoms with Crippen LogP contribution in [-0.4, -0.2) is 42.6 Å². The summed E-state index contributed by atoms with van der Waals surface area (Å²) in [5.74, 6) is -1.24. The minimum Gasteiger partial charge on any atom is -0.329 e. The number of likely N-dealkylation sites (tertiary alicyclic amines) is 1. The fourth-order valence-electron chi connectivity index (χ4n) is 4.93. The van der Waals surface area contributed by atoms with E-state index in [0.29, 0.717) is 19.0 Å². The van der Waals surface area contributed by atoms with Crippen LogP contribution in [0, 0.1) is 0 Å². The molecule has 0 spiro atoms. The van der Waals surface area contributed by atoms with Crippen molar-refractivity contribution in [3.8, 4) is 11.3 Å². The van der Waals surface area contributed by atoms with Gasteiger partial charge in [-0.2, -0.15) is 26.3 Å². The van der Waals surface area contributed by atoms with Gasteiger partial charge in [-0.25, -0.2) is 15.0 Å². The zero-order chi connectivity index (χ0) is 30.2. The molecule has 42 heavy (non-hydrogen) atoms. The predicted octanol–water partition coefficient (Wildman–Crippen LogP) is 6.32. The molecule has 0 aliphatic carbocycles. The minimum absolute atomic E-state index is 0.0194. The summed E-state index contributed by atoms with van der Waals surface area (Å²) in [5, 5.41) is 2.28. The van der Waals surface area contributed by atoms with E-state index in [9.17, 15) is 35.9 Å². The molecule has 0 bridgehead atoms. The van der Waals surface area contributed by atoms with Gasteiger partial charge < -0.3 is 10.2 Å². The summed E-state index contributed by atoms with van der Waals surface area (Å²) in [6.45, 7) is 3.92. The van der Waals surface area contributed by atoms with Gasteiger partial charge in [-0.3, -0.25) is 14.0 Å². The van der Waals surface area contributed by atoms with Crippen LogP contribution in [0.2, 0.25) is 0 Å². The Labute approximate surface area is 234 Å². The van der Waals surface area contributed by atoms with E-state index in [1.807, 2.05) is 0 Å². The number of alkyl halides is 6. The molecule has 0 radical (unpaired) electrons. The van der Waals surface area contributed by atoms with Crippen molar-refractivity contribution < 1.29 is 35.9 Å². The Hall–Kier alpha value is -4.75. The Morgan fingerprint density at radius 3 is 2.38 bits per heavy atom. The molecule has 1 aliphatic heterocycles. The number of hydrogen-bond donors (Lipinski definition) is 1. The van der Waals surface area contributed by atoms with Gasteiger partial charge in [0, 0.05) is 36.3 Å². The normalized spacial score (nSPS) is 16.0. The van der Waals surface area contributed by atoms with Gasteiger partial charge in [0.2, 0.25) is 5.91 Å². The summed E-state index contributed by atoms with van der Waals surface area (Å²) in [4.78, 5) is 38.7. The Morgan fingerprint density at radius 2 is 1.71 bits per heavy atom. The number of rotatable bonds is 5. The Bertz CT molecular complexity index is 1660. The first-order valence-corrected chi connectivity index (χ1v) is 12.7. The highest BCUT2D eigenvalue weighted by Gasteiger charge is 2.39. The van der Waals surface area contributed by atoms with Crippen LogP contribution in [-0.2, 0) is 17.1 Å². The van der Waals surface area contributed by atoms with Gasteiger partial charge in [-0.15, -0.1) is 0 Å². The number of carbonyl (C=O) groups is 2. The van der Waals surface area contributed by atoms with Gasteiger partial charge in [-0.1, -0.05) is 18.7 Å². The number of pyridine rings is 1. The molecule has 5 rings (SSSR count). The van der Waals surface area contributed by atoms with Crippen molar-refractivity contribution in [2.45, 2.75) is 37.7 Å². The maximum Gasteiger partial charge on any atom is 0.435 e. The lowest BCUT2D eigenvalue weighted by Crippen LogP contribution is -2.38. The molecule has 218 valence electrons. The van der Waals surface area contributed by atoms with Crippen LogP contribution in [0.1, 0.15) is 52.7 Å². The molecule has 4 heterocycles. The van der Waals surface area contributed by atoms with E-state index in [-0.39, 0.29) is 39.9 Å². The second kappa shape index (κ2) is 10.9. The van der Waals surface area contributed by atoms with E-state index in [4.69, 9.17) is 0 Å². The first kappa shape index (κ1) is 28.8. The summed E-state index contributed by atoms with van der Waals surface area (Å²) in [5.41, 5.74) is -2.30. The van der Waals surface area contributed by atoms with Crippen molar-refractivity contribution in [1.29, 1.82) is 0 Å². The second-order valence-corrected chi connectivity index (χ2v) is 9.52. The molecular weight excluding hydrogens is 566 g/mol. The first-order valence-electron chi connectivity index (χ1n) is 12.7. The van der Waals surface area contributed by atoms with E-state index in [0.717, 1.165) is 37.4 Å². The fourth-order valence-corrected chi connectivity index (χ4v) is 4.93. The second-order valence-electron chi connectivity index (χ2n) is 9.52. The quantitative estimate of drug-likeness (QED) is 0.218. The van der Waals surface area contributed by atoms with Crippen molar-refractivity contribution in [1.82, 2.24) is 24.3 Å². The summed E-state index contributed by atoms with van der Waals surface area (Å²) in [7, 11) is 0. The van der Waals surface area contributed by atoms with E-state index in [1.165, 1.54) is 39.8 Å². The number of anilines is 1. The topological polar surface area (TPSA) is 92.5 Å². The van der Waals surface area contributed by atoms with Crippen LogP contribution in [0.4, 0.5) is 32.2 Å². The molecule has 3 aromatic heterocycles. The third-order valence-electron chi connectivity index (χ3n) is 6.86. The summed E-state index contributed by atoms with van der Waals surface area (Å²) in [6, 6.07) is 6.20. The van der Waals surface area contributed by atoms with Crippen LogP contribution >= 0.6 is 0 Å². The lowest BCUT2D eigenvalue weighted by Gasteiger charge is -2.34. The zero-order valence-electron chi connectivity index (χ0n) is 21.7. The molecule has 1 atom stereocenters. The lowest BCUT2D eigenvalue weighted by molar-refractivity contribution is -0.140. The number of imidazole rings is 1. The van der Waals surface area contributed by atoms with Gasteiger partial charge in [0.25, 0.3) is 5.91 Å². The average Bonchev–Trinajstić information content (AvgIpc) is 3.35. The number of piperidine rings is 1. The maximum absolute atomic E-state index is 14.1. The van der Waals surface area contributed by atoms with E-state index < -0.39 is 35.6 Å². The number of fused-ring (bicyclic) bond motifs is 1. The van der Waals surface area contributed by atoms with Crippen molar-refractivity contribution in [2.24, 2.45) is 0 Å². The Morgan fingerprint density at radius 1 is 0.976 bits per heavy atom. The highest BCUT2D eigenvalue weighted by molar-refractivity contribution is 6.04. The monoisotopic (exact) mass is 588 g/mol. The number of aromatic nitrogens is 4. The standard InChI is InChI=1S/C28H22F6N6O2/c1-2-21(41)39-13-4-3-5-19(39)25-38-22(23-24(28(32,33)34)36-12-14-40(23)25)16-6-8-17(9-7-16)26(42)37-20-15-18(10-11-35-20)27(29,30)31/h2,6-12,14-15,19H,1,3-5,13H2,(H,35,37,42). The molecule has 2 amide bonds. The van der Waals surface area contributed by atoms with Crippen molar-refractivity contribution in [3.05, 3.63) is 90.3 Å². The Kier molecular flexibility index (Phi) is 7.47. The SMILES string of the molecule is C=CC(=O)N1CCCCC1c1nc(-c2ccc(C(=O)Nc3cc(C(F)(F)F)ccn3)cc2)c2c(C(F)(F)F)nccn12. The summed E-state index contributed by atoms with van der Waals surface area (Å²) < 4.78 is 82.6. The van der Waals surface area contributed by atoms with E-state index >= 15 is 0 Å². The van der Waals surface area contributed by atoms with Crippen molar-refractivity contribution in [2.75, 3.05) is 11.9 Å².